The molecule has 2 aromatic rings. The van der Waals surface area contributed by atoms with Gasteiger partial charge in [-0.15, -0.1) is 11.3 Å². The Morgan fingerprint density at radius 3 is 3.00 bits per heavy atom. The minimum atomic E-state index is -0.0568. The number of ether oxygens (including phenoxy) is 1. The minimum Gasteiger partial charge on any atom is -0.379 e. The third kappa shape index (κ3) is 4.60. The van der Waals surface area contributed by atoms with Crippen LogP contribution in [0.5, 0.6) is 0 Å². The van der Waals surface area contributed by atoms with E-state index < -0.39 is 0 Å². The lowest BCUT2D eigenvalue weighted by Crippen LogP contribution is -2.35. The molecule has 0 aliphatic carbocycles. The minimum absolute atomic E-state index is 0.0568. The molecule has 1 fully saturated rings. The van der Waals surface area contributed by atoms with Crippen LogP contribution in [0.4, 0.5) is 0 Å². The highest BCUT2D eigenvalue weighted by atomic mass is 32.1. The Balaban J connectivity index is 1.51. The summed E-state index contributed by atoms with van der Waals surface area (Å²) < 4.78 is 5.35. The van der Waals surface area contributed by atoms with Crippen molar-refractivity contribution in [2.75, 3.05) is 26.3 Å². The molecule has 2 heterocycles. The molecule has 1 aromatic carbocycles. The number of hydrogen-bond acceptors (Lipinski definition) is 5. The topological polar surface area (TPSA) is 54.5 Å². The monoisotopic (exact) mass is 331 g/mol. The fourth-order valence-electron chi connectivity index (χ4n) is 2.54. The molecule has 3 rings (SSSR count). The van der Waals surface area contributed by atoms with Crippen molar-refractivity contribution in [2.24, 2.45) is 0 Å². The van der Waals surface area contributed by atoms with Crippen molar-refractivity contribution in [1.29, 1.82) is 0 Å². The summed E-state index contributed by atoms with van der Waals surface area (Å²) in [6.07, 6.45) is 0. The van der Waals surface area contributed by atoms with Crippen LogP contribution in [0.15, 0.2) is 29.6 Å². The summed E-state index contributed by atoms with van der Waals surface area (Å²) in [5, 5.41) is 5.95. The van der Waals surface area contributed by atoms with Gasteiger partial charge in [0.1, 0.15) is 5.01 Å². The van der Waals surface area contributed by atoms with Gasteiger partial charge < -0.3 is 10.1 Å². The molecule has 122 valence electrons. The van der Waals surface area contributed by atoms with Crippen LogP contribution in [0.3, 0.4) is 0 Å². The highest BCUT2D eigenvalue weighted by Crippen LogP contribution is 2.13. The smallest absolute Gasteiger partial charge is 0.251 e. The van der Waals surface area contributed by atoms with Crippen molar-refractivity contribution in [3.05, 3.63) is 51.5 Å². The third-order valence-corrected chi connectivity index (χ3v) is 4.67. The fraction of sp³-hybridized carbons (Fsp3) is 0.412. The number of thiazole rings is 1. The zero-order chi connectivity index (χ0) is 16.1. The van der Waals surface area contributed by atoms with E-state index in [1.54, 1.807) is 11.3 Å². The lowest BCUT2D eigenvalue weighted by atomic mass is 10.1. The van der Waals surface area contributed by atoms with Crippen LogP contribution < -0.4 is 5.32 Å². The second-order valence-electron chi connectivity index (χ2n) is 5.67. The summed E-state index contributed by atoms with van der Waals surface area (Å²) in [6, 6.07) is 7.60. The van der Waals surface area contributed by atoms with Gasteiger partial charge in [-0.05, 0) is 19.1 Å². The van der Waals surface area contributed by atoms with Gasteiger partial charge in [0, 0.05) is 30.6 Å². The van der Waals surface area contributed by atoms with Crippen molar-refractivity contribution in [1.82, 2.24) is 15.2 Å². The second-order valence-corrected chi connectivity index (χ2v) is 6.62. The zero-order valence-corrected chi connectivity index (χ0v) is 14.1. The van der Waals surface area contributed by atoms with Gasteiger partial charge in [0.2, 0.25) is 0 Å². The Morgan fingerprint density at radius 1 is 1.39 bits per heavy atom. The summed E-state index contributed by atoms with van der Waals surface area (Å²) in [7, 11) is 0. The number of benzene rings is 1. The van der Waals surface area contributed by atoms with Crippen LogP contribution in [-0.4, -0.2) is 42.1 Å². The number of morpholine rings is 1. The summed E-state index contributed by atoms with van der Waals surface area (Å²) in [5.74, 6) is -0.0568. The lowest BCUT2D eigenvalue weighted by molar-refractivity contribution is 0.0337. The number of hydrogen-bond donors (Lipinski definition) is 1. The van der Waals surface area contributed by atoms with Gasteiger partial charge in [0.25, 0.3) is 5.91 Å². The standard InChI is InChI=1S/C17H21N3O2S/c1-13-3-2-4-14(9-13)17(21)18-10-16-19-15(12-23-16)11-20-5-7-22-8-6-20/h2-4,9,12H,5-8,10-11H2,1H3,(H,18,21). The molecule has 5 nitrogen and oxygen atoms in total. The number of amides is 1. The normalized spacial score (nSPS) is 15.5. The molecule has 1 N–H and O–H groups in total. The van der Waals surface area contributed by atoms with Gasteiger partial charge in [-0.1, -0.05) is 17.7 Å². The van der Waals surface area contributed by atoms with Gasteiger partial charge in [-0.25, -0.2) is 4.98 Å². The zero-order valence-electron chi connectivity index (χ0n) is 13.2. The largest absolute Gasteiger partial charge is 0.379 e. The molecule has 0 saturated carbocycles. The van der Waals surface area contributed by atoms with Gasteiger partial charge in [-0.2, -0.15) is 0 Å². The van der Waals surface area contributed by atoms with Crippen molar-refractivity contribution >= 4 is 17.2 Å². The molecule has 0 bridgehead atoms. The molecule has 23 heavy (non-hydrogen) atoms. The quantitative estimate of drug-likeness (QED) is 0.913. The Labute approximate surface area is 140 Å². The number of aromatic nitrogens is 1. The van der Waals surface area contributed by atoms with Crippen molar-refractivity contribution in [3.63, 3.8) is 0 Å². The van der Waals surface area contributed by atoms with Crippen LogP contribution in [0.1, 0.15) is 26.6 Å². The maximum atomic E-state index is 12.1. The SMILES string of the molecule is Cc1cccc(C(=O)NCc2nc(CN3CCOCC3)cs2)c1. The first-order valence-corrected chi connectivity index (χ1v) is 8.67. The lowest BCUT2D eigenvalue weighted by Gasteiger charge is -2.25. The number of aryl methyl sites for hydroxylation is 1. The van der Waals surface area contributed by atoms with Gasteiger partial charge in [0.05, 0.1) is 25.5 Å². The molecule has 1 aromatic heterocycles. The molecule has 0 unspecified atom stereocenters. The number of carbonyl (C=O) groups is 1. The second kappa shape index (κ2) is 7.68. The van der Waals surface area contributed by atoms with E-state index in [9.17, 15) is 4.79 Å². The van der Waals surface area contributed by atoms with E-state index in [2.05, 4.69) is 20.6 Å². The predicted octanol–water partition coefficient (Wildman–Crippen LogP) is 2.21. The van der Waals surface area contributed by atoms with Gasteiger partial charge in [0.15, 0.2) is 0 Å². The van der Waals surface area contributed by atoms with Crippen molar-refractivity contribution in [2.45, 2.75) is 20.0 Å². The summed E-state index contributed by atoms with van der Waals surface area (Å²) in [5.41, 5.74) is 2.84. The number of nitrogens with zero attached hydrogens (tertiary/aromatic N) is 2. The molecular formula is C17H21N3O2S. The molecule has 1 saturated heterocycles. The van der Waals surface area contributed by atoms with E-state index in [1.807, 2.05) is 31.2 Å². The van der Waals surface area contributed by atoms with Gasteiger partial charge >= 0.3 is 0 Å². The maximum Gasteiger partial charge on any atom is 0.251 e. The highest BCUT2D eigenvalue weighted by Gasteiger charge is 2.13. The third-order valence-electron chi connectivity index (χ3n) is 3.77. The molecule has 0 atom stereocenters. The average molecular weight is 331 g/mol. The van der Waals surface area contributed by atoms with Crippen LogP contribution in [0.2, 0.25) is 0 Å². The first-order chi connectivity index (χ1) is 11.2. The molecule has 0 spiro atoms. The van der Waals surface area contributed by atoms with E-state index in [-0.39, 0.29) is 5.91 Å². The fourth-order valence-corrected chi connectivity index (χ4v) is 3.26. The summed E-state index contributed by atoms with van der Waals surface area (Å²) >= 11 is 1.59. The van der Waals surface area contributed by atoms with Gasteiger partial charge in [-0.3, -0.25) is 9.69 Å². The van der Waals surface area contributed by atoms with E-state index >= 15 is 0 Å². The van der Waals surface area contributed by atoms with E-state index in [1.165, 1.54) is 0 Å². The maximum absolute atomic E-state index is 12.1. The predicted molar refractivity (Wildman–Crippen MR) is 90.6 cm³/mol. The average Bonchev–Trinajstić information content (AvgIpc) is 3.01. The van der Waals surface area contributed by atoms with Crippen LogP contribution in [0.25, 0.3) is 0 Å². The first kappa shape index (κ1) is 16.1. The number of carbonyl (C=O) groups excluding carboxylic acids is 1. The highest BCUT2D eigenvalue weighted by molar-refractivity contribution is 7.09. The molecule has 6 heteroatoms. The Bertz CT molecular complexity index is 665. The Morgan fingerprint density at radius 2 is 2.22 bits per heavy atom. The van der Waals surface area contributed by atoms with E-state index in [0.717, 1.165) is 49.1 Å². The van der Waals surface area contributed by atoms with Crippen molar-refractivity contribution < 1.29 is 9.53 Å². The molecule has 1 amide bonds. The first-order valence-electron chi connectivity index (χ1n) is 7.79. The number of nitrogens with one attached hydrogen (secondary N) is 1. The number of rotatable bonds is 5. The Kier molecular flexibility index (Phi) is 5.38. The Hall–Kier alpha value is -1.76. The molecular weight excluding hydrogens is 310 g/mol. The van der Waals surface area contributed by atoms with Crippen LogP contribution in [0, 0.1) is 6.92 Å². The molecule has 0 radical (unpaired) electrons. The summed E-state index contributed by atoms with van der Waals surface area (Å²) in [6.45, 7) is 6.81. The molecule has 1 aliphatic heterocycles. The van der Waals surface area contributed by atoms with Crippen molar-refractivity contribution in [3.8, 4) is 0 Å². The van der Waals surface area contributed by atoms with E-state index in [4.69, 9.17) is 4.74 Å². The molecule has 1 aliphatic rings. The van der Waals surface area contributed by atoms with Crippen LogP contribution >= 0.6 is 11.3 Å². The summed E-state index contributed by atoms with van der Waals surface area (Å²) in [4.78, 5) is 19.1. The van der Waals surface area contributed by atoms with E-state index in [0.29, 0.717) is 12.1 Å². The van der Waals surface area contributed by atoms with Crippen LogP contribution in [-0.2, 0) is 17.8 Å².